The van der Waals surface area contributed by atoms with Crippen LogP contribution in [0, 0.1) is 11.8 Å². The average molecular weight is 266 g/mol. The maximum absolute atomic E-state index is 13.0. The Bertz CT molecular complexity index is 591. The Hall–Kier alpha value is -2.19. The molecule has 0 saturated heterocycles. The zero-order valence-corrected chi connectivity index (χ0v) is 9.61. The Morgan fingerprint density at radius 2 is 1.68 bits per heavy atom. The lowest BCUT2D eigenvalue weighted by Crippen LogP contribution is -2.41. The second kappa shape index (κ2) is 4.82. The van der Waals surface area contributed by atoms with Crippen molar-refractivity contribution in [3.8, 4) is 11.8 Å². The molecule has 0 radical (unpaired) electrons. The SMILES string of the molecule is OC(C#Cc1ccco1)(c1ccccc1)C(F)(F)F. The van der Waals surface area contributed by atoms with Crippen molar-refractivity contribution in [3.05, 3.63) is 60.1 Å². The molecule has 1 N–H and O–H groups in total. The summed E-state index contributed by atoms with van der Waals surface area (Å²) in [5, 5.41) is 9.88. The molecule has 0 amide bonds. The number of hydrogen-bond donors (Lipinski definition) is 1. The Morgan fingerprint density at radius 3 is 2.21 bits per heavy atom. The van der Waals surface area contributed by atoms with Crippen LogP contribution in [-0.4, -0.2) is 11.3 Å². The summed E-state index contributed by atoms with van der Waals surface area (Å²) in [6.07, 6.45) is -3.62. The Balaban J connectivity index is 2.48. The van der Waals surface area contributed by atoms with Crippen molar-refractivity contribution in [1.82, 2.24) is 0 Å². The predicted octanol–water partition coefficient (Wildman–Crippen LogP) is 3.08. The number of furan rings is 1. The highest BCUT2D eigenvalue weighted by Crippen LogP contribution is 2.38. The summed E-state index contributed by atoms with van der Waals surface area (Å²) in [6.45, 7) is 0. The second-order valence-corrected chi connectivity index (χ2v) is 3.80. The quantitative estimate of drug-likeness (QED) is 0.805. The molecule has 0 fully saturated rings. The van der Waals surface area contributed by atoms with Gasteiger partial charge < -0.3 is 9.52 Å². The molecular formula is C14H9F3O2. The molecule has 19 heavy (non-hydrogen) atoms. The summed E-state index contributed by atoms with van der Waals surface area (Å²) in [4.78, 5) is 0. The first-order valence-corrected chi connectivity index (χ1v) is 5.35. The van der Waals surface area contributed by atoms with E-state index in [1.54, 1.807) is 6.07 Å². The van der Waals surface area contributed by atoms with Crippen LogP contribution in [-0.2, 0) is 5.60 Å². The zero-order chi connectivity index (χ0) is 13.9. The van der Waals surface area contributed by atoms with Crippen molar-refractivity contribution < 1.29 is 22.7 Å². The fourth-order valence-corrected chi connectivity index (χ4v) is 1.49. The van der Waals surface area contributed by atoms with Gasteiger partial charge in [0.05, 0.1) is 6.26 Å². The van der Waals surface area contributed by atoms with Crippen molar-refractivity contribution >= 4 is 0 Å². The third kappa shape index (κ3) is 2.64. The molecule has 0 bridgehead atoms. The van der Waals surface area contributed by atoms with Crippen LogP contribution in [0.4, 0.5) is 13.2 Å². The molecule has 0 aliphatic heterocycles. The van der Waals surface area contributed by atoms with Gasteiger partial charge in [-0.1, -0.05) is 30.3 Å². The number of alkyl halides is 3. The van der Waals surface area contributed by atoms with E-state index in [1.807, 2.05) is 5.92 Å². The maximum Gasteiger partial charge on any atom is 0.433 e. The highest BCUT2D eigenvalue weighted by atomic mass is 19.4. The van der Waals surface area contributed by atoms with E-state index in [1.165, 1.54) is 42.7 Å². The van der Waals surface area contributed by atoms with Gasteiger partial charge in [0.2, 0.25) is 5.60 Å². The number of rotatable bonds is 1. The molecule has 0 aliphatic carbocycles. The van der Waals surface area contributed by atoms with Crippen molar-refractivity contribution in [1.29, 1.82) is 0 Å². The lowest BCUT2D eigenvalue weighted by atomic mass is 9.93. The van der Waals surface area contributed by atoms with Crippen molar-refractivity contribution in [2.45, 2.75) is 11.8 Å². The standard InChI is InChI=1S/C14H9F3O2/c15-14(16,17)13(18,11-5-2-1-3-6-11)9-8-12-7-4-10-19-12/h1-7,10,18H. The smallest absolute Gasteiger partial charge is 0.433 e. The van der Waals surface area contributed by atoms with Crippen LogP contribution in [0.1, 0.15) is 11.3 Å². The molecule has 0 spiro atoms. The van der Waals surface area contributed by atoms with Crippen LogP contribution in [0.25, 0.3) is 0 Å². The minimum Gasteiger partial charge on any atom is -0.456 e. The van der Waals surface area contributed by atoms with E-state index >= 15 is 0 Å². The molecule has 5 heteroatoms. The van der Waals surface area contributed by atoms with E-state index in [2.05, 4.69) is 5.92 Å². The lowest BCUT2D eigenvalue weighted by molar-refractivity contribution is -0.240. The summed E-state index contributed by atoms with van der Waals surface area (Å²) >= 11 is 0. The van der Waals surface area contributed by atoms with Gasteiger partial charge in [0, 0.05) is 5.56 Å². The van der Waals surface area contributed by atoms with Gasteiger partial charge in [-0.3, -0.25) is 0 Å². The molecular weight excluding hydrogens is 257 g/mol. The van der Waals surface area contributed by atoms with E-state index in [4.69, 9.17) is 4.42 Å². The number of benzene rings is 1. The minimum absolute atomic E-state index is 0.0543. The molecule has 2 aromatic rings. The average Bonchev–Trinajstić information content (AvgIpc) is 2.89. The van der Waals surface area contributed by atoms with Gasteiger partial charge in [0.25, 0.3) is 0 Å². The Morgan fingerprint density at radius 1 is 1.00 bits per heavy atom. The molecule has 1 unspecified atom stereocenters. The maximum atomic E-state index is 13.0. The van der Waals surface area contributed by atoms with Crippen LogP contribution in [0.15, 0.2) is 53.1 Å². The minimum atomic E-state index is -4.91. The molecule has 0 aliphatic rings. The van der Waals surface area contributed by atoms with Gasteiger partial charge >= 0.3 is 6.18 Å². The first-order chi connectivity index (χ1) is 8.93. The Kier molecular flexibility index (Phi) is 3.36. The summed E-state index contributed by atoms with van der Waals surface area (Å²) in [7, 11) is 0. The molecule has 1 atom stereocenters. The second-order valence-electron chi connectivity index (χ2n) is 3.80. The third-order valence-electron chi connectivity index (χ3n) is 2.49. The first-order valence-electron chi connectivity index (χ1n) is 5.35. The molecule has 0 saturated carbocycles. The molecule has 1 aromatic heterocycles. The zero-order valence-electron chi connectivity index (χ0n) is 9.61. The molecule has 2 rings (SSSR count). The van der Waals surface area contributed by atoms with E-state index in [9.17, 15) is 18.3 Å². The fraction of sp³-hybridized carbons (Fsp3) is 0.143. The van der Waals surface area contributed by atoms with Gasteiger partial charge in [-0.15, -0.1) is 0 Å². The van der Waals surface area contributed by atoms with Crippen LogP contribution in [0.5, 0.6) is 0 Å². The Labute approximate surface area is 107 Å². The van der Waals surface area contributed by atoms with E-state index in [-0.39, 0.29) is 11.3 Å². The number of halogens is 3. The number of hydrogen-bond acceptors (Lipinski definition) is 2. The molecule has 1 heterocycles. The van der Waals surface area contributed by atoms with Crippen LogP contribution >= 0.6 is 0 Å². The highest BCUT2D eigenvalue weighted by molar-refractivity contribution is 5.37. The van der Waals surface area contributed by atoms with E-state index in [0.29, 0.717) is 0 Å². The van der Waals surface area contributed by atoms with Gasteiger partial charge in [0.15, 0.2) is 5.76 Å². The number of aliphatic hydroxyl groups is 1. The largest absolute Gasteiger partial charge is 0.456 e. The van der Waals surface area contributed by atoms with Crippen LogP contribution in [0.2, 0.25) is 0 Å². The monoisotopic (exact) mass is 266 g/mol. The normalized spacial score (nSPS) is 14.3. The lowest BCUT2D eigenvalue weighted by Gasteiger charge is -2.25. The fourth-order valence-electron chi connectivity index (χ4n) is 1.49. The van der Waals surface area contributed by atoms with Gasteiger partial charge in [0.1, 0.15) is 0 Å². The van der Waals surface area contributed by atoms with Crippen molar-refractivity contribution in [2.24, 2.45) is 0 Å². The molecule has 1 aromatic carbocycles. The van der Waals surface area contributed by atoms with Crippen LogP contribution in [0.3, 0.4) is 0 Å². The van der Waals surface area contributed by atoms with E-state index < -0.39 is 11.8 Å². The van der Waals surface area contributed by atoms with Crippen molar-refractivity contribution in [2.75, 3.05) is 0 Å². The van der Waals surface area contributed by atoms with Crippen LogP contribution < -0.4 is 0 Å². The molecule has 98 valence electrons. The summed E-state index contributed by atoms with van der Waals surface area (Å²) in [5.74, 6) is 4.08. The van der Waals surface area contributed by atoms with Gasteiger partial charge in [-0.05, 0) is 24.0 Å². The van der Waals surface area contributed by atoms with Crippen molar-refractivity contribution in [3.63, 3.8) is 0 Å². The summed E-state index contributed by atoms with van der Waals surface area (Å²) in [6, 6.07) is 9.62. The van der Waals surface area contributed by atoms with Gasteiger partial charge in [-0.2, -0.15) is 13.2 Å². The topological polar surface area (TPSA) is 33.4 Å². The van der Waals surface area contributed by atoms with E-state index in [0.717, 1.165) is 0 Å². The molecule has 2 nitrogen and oxygen atoms in total. The predicted molar refractivity (Wildman–Crippen MR) is 62.0 cm³/mol. The van der Waals surface area contributed by atoms with Gasteiger partial charge in [-0.25, -0.2) is 0 Å². The summed E-state index contributed by atoms with van der Waals surface area (Å²) < 4.78 is 43.9. The highest BCUT2D eigenvalue weighted by Gasteiger charge is 2.54. The first kappa shape index (κ1) is 13.2. The third-order valence-corrected chi connectivity index (χ3v) is 2.49. The summed E-state index contributed by atoms with van der Waals surface area (Å²) in [5.41, 5.74) is -3.55.